The Morgan fingerprint density at radius 3 is 1.41 bits per heavy atom. The molecule has 308 valence electrons. The van der Waals surface area contributed by atoms with Gasteiger partial charge < -0.3 is 60.3 Å². The van der Waals surface area contributed by atoms with Gasteiger partial charge in [-0.15, -0.1) is 23.5 Å². The number of carboxylic acids is 2. The topological polar surface area (TPSA) is 348 Å². The summed E-state index contributed by atoms with van der Waals surface area (Å²) >= 11 is 2.43. The number of hydrogen-bond acceptors (Lipinski definition) is 18. The highest BCUT2D eigenvalue weighted by molar-refractivity contribution is 8.00. The van der Waals surface area contributed by atoms with Crippen molar-refractivity contribution in [2.75, 3.05) is 38.9 Å². The summed E-state index contributed by atoms with van der Waals surface area (Å²) in [7, 11) is 2.51. The second-order valence-electron chi connectivity index (χ2n) is 11.7. The van der Waals surface area contributed by atoms with Crippen LogP contribution in [0.5, 0.6) is 0 Å². The zero-order valence-corrected chi connectivity index (χ0v) is 31.6. The van der Waals surface area contributed by atoms with E-state index in [0.29, 0.717) is 0 Å². The van der Waals surface area contributed by atoms with E-state index in [1.807, 2.05) is 0 Å². The molecule has 0 unspecified atom stereocenters. The van der Waals surface area contributed by atoms with Crippen molar-refractivity contribution in [3.63, 3.8) is 0 Å². The lowest BCUT2D eigenvalue weighted by atomic mass is 10.0. The molecular formula is C32H32N8O16S2. The van der Waals surface area contributed by atoms with E-state index in [0.717, 1.165) is 9.80 Å². The van der Waals surface area contributed by atoms with E-state index in [1.165, 1.54) is 62.4 Å². The van der Waals surface area contributed by atoms with Crippen molar-refractivity contribution in [3.05, 3.63) is 70.9 Å². The van der Waals surface area contributed by atoms with Crippen LogP contribution < -0.4 is 22.1 Å². The number of oxime groups is 2. The summed E-state index contributed by atoms with van der Waals surface area (Å²) in [5.41, 5.74) is 9.35. The molecule has 4 aliphatic rings. The Balaban J connectivity index is 0.000000221. The lowest BCUT2D eigenvalue weighted by Crippen LogP contribution is -2.71. The van der Waals surface area contributed by atoms with E-state index in [1.54, 1.807) is 12.1 Å². The first-order chi connectivity index (χ1) is 27.7. The Morgan fingerprint density at radius 1 is 0.741 bits per heavy atom. The fourth-order valence-corrected chi connectivity index (χ4v) is 8.38. The molecule has 58 heavy (non-hydrogen) atoms. The smallest absolute Gasteiger partial charge is 0.404 e. The van der Waals surface area contributed by atoms with E-state index < -0.39 is 70.6 Å². The molecule has 6 amide bonds. The highest BCUT2D eigenvalue weighted by atomic mass is 32.2. The van der Waals surface area contributed by atoms with Crippen molar-refractivity contribution in [2.24, 2.45) is 21.8 Å². The minimum atomic E-state index is -1.35. The lowest BCUT2D eigenvalue weighted by Gasteiger charge is -2.49. The normalized spacial score (nSPS) is 21.2. The van der Waals surface area contributed by atoms with Gasteiger partial charge in [-0.25, -0.2) is 19.2 Å². The summed E-state index contributed by atoms with van der Waals surface area (Å²) in [4.78, 5) is 107. The first-order valence-corrected chi connectivity index (χ1v) is 18.4. The SMILES string of the molecule is CO/N=C(\C(=O)N[C@@H]1C(=O)N2C(C(=O)O)=C(COC(N)=O)CS[C@@H]12)c1ccco1.CO/N=C(\C(=O)N[C@@H]1C(=O)N2C(C(=O)O)=C(COC(N)=O)CS[C@@H]12)c1ccco1. The second-order valence-corrected chi connectivity index (χ2v) is 13.9. The summed E-state index contributed by atoms with van der Waals surface area (Å²) in [6, 6.07) is 4.16. The van der Waals surface area contributed by atoms with Crippen molar-refractivity contribution >= 4 is 82.7 Å². The van der Waals surface area contributed by atoms with Gasteiger partial charge in [0.25, 0.3) is 23.6 Å². The molecular weight excluding hydrogens is 817 g/mol. The molecule has 2 aromatic heterocycles. The third kappa shape index (κ3) is 8.86. The van der Waals surface area contributed by atoms with E-state index in [-0.39, 0.29) is 70.2 Å². The number of nitrogens with two attached hydrogens (primary N) is 2. The molecule has 2 saturated heterocycles. The number of carboxylic acid groups (broad SMARTS) is 2. The third-order valence-electron chi connectivity index (χ3n) is 8.15. The maximum atomic E-state index is 12.6. The average Bonchev–Trinajstić information content (AvgIpc) is 3.93. The van der Waals surface area contributed by atoms with Gasteiger partial charge in [0.05, 0.1) is 12.5 Å². The first kappa shape index (κ1) is 42.2. The van der Waals surface area contributed by atoms with Crippen LogP contribution in [0, 0.1) is 0 Å². The van der Waals surface area contributed by atoms with Crippen molar-refractivity contribution < 1.29 is 76.6 Å². The molecule has 0 aliphatic carbocycles. The molecule has 0 bridgehead atoms. The van der Waals surface area contributed by atoms with Gasteiger partial charge in [-0.05, 0) is 24.3 Å². The molecule has 4 aliphatic heterocycles. The molecule has 24 nitrogen and oxygen atoms in total. The number of nitrogens with one attached hydrogen (secondary N) is 2. The Labute approximate surface area is 333 Å². The van der Waals surface area contributed by atoms with Gasteiger partial charge in [-0.1, -0.05) is 10.3 Å². The maximum absolute atomic E-state index is 12.6. The predicted octanol–water partition coefficient (Wildman–Crippen LogP) is -1.07. The monoisotopic (exact) mass is 848 g/mol. The minimum Gasteiger partial charge on any atom is -0.477 e. The van der Waals surface area contributed by atoms with E-state index in [4.69, 9.17) is 20.3 Å². The molecule has 26 heteroatoms. The van der Waals surface area contributed by atoms with E-state index in [9.17, 15) is 48.6 Å². The van der Waals surface area contributed by atoms with Crippen LogP contribution in [0.2, 0.25) is 0 Å². The largest absolute Gasteiger partial charge is 0.477 e. The van der Waals surface area contributed by atoms with Crippen LogP contribution in [0.1, 0.15) is 11.5 Å². The van der Waals surface area contributed by atoms with E-state index in [2.05, 4.69) is 40.1 Å². The number of β-lactam (4-membered cyclic amide) rings is 2. The number of fused-ring (bicyclic) bond motifs is 2. The van der Waals surface area contributed by atoms with Gasteiger partial charge in [0.2, 0.25) is 11.4 Å². The van der Waals surface area contributed by atoms with Crippen LogP contribution in [0.15, 0.2) is 78.5 Å². The molecule has 0 spiro atoms. The standard InChI is InChI=1S/2C16H16N4O8S/c2*1-26-19-9(8-3-2-4-27-8)12(21)18-10-13(22)20-11(15(23)24)7(5-28-16(17)25)6-29-14(10)20/h2*2-4,10,14H,5-6H2,1H3,(H2,17,25)(H,18,21)(H,23,24)/b2*19-9-/t2*10-,14+/m11/s1. The molecule has 0 aromatic carbocycles. The summed E-state index contributed by atoms with van der Waals surface area (Å²) in [6.07, 6.45) is 0.580. The van der Waals surface area contributed by atoms with Crippen LogP contribution in [0.3, 0.4) is 0 Å². The van der Waals surface area contributed by atoms with Crippen molar-refractivity contribution in [1.29, 1.82) is 0 Å². The maximum Gasteiger partial charge on any atom is 0.404 e. The molecule has 6 rings (SSSR count). The van der Waals surface area contributed by atoms with Crippen molar-refractivity contribution in [3.8, 4) is 0 Å². The zero-order chi connectivity index (χ0) is 42.3. The quantitative estimate of drug-likeness (QED) is 0.0748. The number of primary amides is 2. The van der Waals surface area contributed by atoms with Crippen LogP contribution >= 0.6 is 23.5 Å². The van der Waals surface area contributed by atoms with Crippen molar-refractivity contribution in [1.82, 2.24) is 20.4 Å². The van der Waals surface area contributed by atoms with Gasteiger partial charge in [-0.2, -0.15) is 0 Å². The van der Waals surface area contributed by atoms with Gasteiger partial charge in [-0.3, -0.25) is 29.0 Å². The van der Waals surface area contributed by atoms with Gasteiger partial charge in [0, 0.05) is 22.7 Å². The Morgan fingerprint density at radius 2 is 1.12 bits per heavy atom. The lowest BCUT2D eigenvalue weighted by molar-refractivity contribution is -0.150. The third-order valence-corrected chi connectivity index (χ3v) is 10.8. The number of rotatable bonds is 14. The molecule has 0 radical (unpaired) electrons. The number of hydrogen-bond donors (Lipinski definition) is 6. The van der Waals surface area contributed by atoms with Gasteiger partial charge in [0.1, 0.15) is 61.7 Å². The van der Waals surface area contributed by atoms with Gasteiger partial charge in [0.15, 0.2) is 11.5 Å². The average molecular weight is 849 g/mol. The Bertz CT molecular complexity index is 1970. The number of nitrogens with zero attached hydrogens (tertiary/aromatic N) is 4. The number of carbonyl (C=O) groups excluding carboxylic acids is 6. The number of amides is 6. The molecule has 2 fully saturated rings. The number of ether oxygens (including phenoxy) is 2. The van der Waals surface area contributed by atoms with Gasteiger partial charge >= 0.3 is 24.1 Å². The van der Waals surface area contributed by atoms with Crippen LogP contribution in [-0.2, 0) is 47.9 Å². The summed E-state index contributed by atoms with van der Waals surface area (Å²) in [5.74, 6) is -4.76. The first-order valence-electron chi connectivity index (χ1n) is 16.3. The molecule has 0 saturated carbocycles. The Kier molecular flexibility index (Phi) is 13.3. The number of furan rings is 2. The molecule has 6 heterocycles. The van der Waals surface area contributed by atoms with Crippen molar-refractivity contribution in [2.45, 2.75) is 22.8 Å². The highest BCUT2D eigenvalue weighted by Crippen LogP contribution is 2.41. The summed E-state index contributed by atoms with van der Waals surface area (Å²) in [5, 5.41) is 30.0. The van der Waals surface area contributed by atoms with E-state index >= 15 is 0 Å². The molecule has 8 N–H and O–H groups in total. The van der Waals surface area contributed by atoms with Crippen LogP contribution in [-0.4, -0.2) is 141 Å². The number of thioether (sulfide) groups is 2. The second kappa shape index (κ2) is 18.3. The van der Waals surface area contributed by atoms with Crippen LogP contribution in [0.4, 0.5) is 9.59 Å². The fraction of sp³-hybridized carbons (Fsp3) is 0.312. The molecule has 4 atom stereocenters. The molecule has 2 aromatic rings. The summed E-state index contributed by atoms with van der Waals surface area (Å²) in [6.45, 7) is -0.693. The fourth-order valence-electron chi connectivity index (χ4n) is 5.73. The van der Waals surface area contributed by atoms with Crippen LogP contribution in [0.25, 0.3) is 0 Å². The minimum absolute atomic E-state index is 0.140. The number of aliphatic carboxylic acids is 2. The zero-order valence-electron chi connectivity index (χ0n) is 30.0. The Hall–Kier alpha value is -6.96. The highest BCUT2D eigenvalue weighted by Gasteiger charge is 2.56. The number of carbonyl (C=O) groups is 8. The predicted molar refractivity (Wildman–Crippen MR) is 195 cm³/mol. The summed E-state index contributed by atoms with van der Waals surface area (Å²) < 4.78 is 19.6.